The van der Waals surface area contributed by atoms with Gasteiger partial charge in [0.2, 0.25) is 0 Å². The minimum absolute atomic E-state index is 0.243. The summed E-state index contributed by atoms with van der Waals surface area (Å²) < 4.78 is 11.2. The first kappa shape index (κ1) is 18.7. The van der Waals surface area contributed by atoms with Crippen LogP contribution < -0.4 is 4.74 Å². The number of carbonyl (C=O) groups is 1. The zero-order valence-electron chi connectivity index (χ0n) is 15.4. The number of aromatic carboxylic acids is 1. The first-order valence-corrected chi connectivity index (χ1v) is 9.21. The Kier molecular flexibility index (Phi) is 6.26. The molecule has 3 rings (SSSR count). The Morgan fingerprint density at radius 2 is 1.70 bits per heavy atom. The van der Waals surface area contributed by atoms with Crippen molar-refractivity contribution in [1.82, 2.24) is 5.16 Å². The van der Waals surface area contributed by atoms with Gasteiger partial charge in [0, 0.05) is 17.2 Å². The first-order chi connectivity index (χ1) is 13.2. The number of carboxylic acids is 1. The topological polar surface area (TPSA) is 72.6 Å². The van der Waals surface area contributed by atoms with Crippen molar-refractivity contribution in [3.8, 4) is 28.3 Å². The fraction of sp³-hybridized carbons (Fsp3) is 0.273. The summed E-state index contributed by atoms with van der Waals surface area (Å²) in [6.07, 6.45) is 4.73. The smallest absolute Gasteiger partial charge is 0.335 e. The van der Waals surface area contributed by atoms with Crippen LogP contribution in [-0.2, 0) is 0 Å². The number of ether oxygens (including phenoxy) is 1. The van der Waals surface area contributed by atoms with Gasteiger partial charge in [-0.05, 0) is 42.8 Å². The molecule has 0 saturated carbocycles. The third-order valence-electron chi connectivity index (χ3n) is 4.34. The van der Waals surface area contributed by atoms with Crippen molar-refractivity contribution in [2.24, 2.45) is 0 Å². The monoisotopic (exact) mass is 365 g/mol. The maximum atomic E-state index is 10.9. The number of aromatic nitrogens is 1. The van der Waals surface area contributed by atoms with E-state index in [9.17, 15) is 4.79 Å². The van der Waals surface area contributed by atoms with Crippen LogP contribution in [0.3, 0.4) is 0 Å². The standard InChI is InChI=1S/C22H23NO4/c1-2-3-4-5-14-26-19-12-10-17(11-13-19)21-15-20(23-27-21)16-6-8-18(9-7-16)22(24)25/h6-13,15H,2-5,14H2,1H3,(H,24,25). The highest BCUT2D eigenvalue weighted by Crippen LogP contribution is 2.27. The van der Waals surface area contributed by atoms with Crippen molar-refractivity contribution in [2.45, 2.75) is 32.6 Å². The molecule has 5 nitrogen and oxygen atoms in total. The van der Waals surface area contributed by atoms with Crippen LogP contribution >= 0.6 is 0 Å². The minimum Gasteiger partial charge on any atom is -0.494 e. The second-order valence-corrected chi connectivity index (χ2v) is 6.39. The Balaban J connectivity index is 1.63. The van der Waals surface area contributed by atoms with Crippen LogP contribution in [0.1, 0.15) is 43.0 Å². The average Bonchev–Trinajstić information content (AvgIpc) is 3.18. The Morgan fingerprint density at radius 3 is 2.37 bits per heavy atom. The van der Waals surface area contributed by atoms with Crippen molar-refractivity contribution in [2.75, 3.05) is 6.61 Å². The fourth-order valence-electron chi connectivity index (χ4n) is 2.77. The van der Waals surface area contributed by atoms with E-state index in [-0.39, 0.29) is 5.56 Å². The van der Waals surface area contributed by atoms with Crippen LogP contribution in [0.4, 0.5) is 0 Å². The molecule has 0 amide bonds. The number of unbranched alkanes of at least 4 members (excludes halogenated alkanes) is 3. The fourth-order valence-corrected chi connectivity index (χ4v) is 2.77. The van der Waals surface area contributed by atoms with E-state index in [4.69, 9.17) is 14.4 Å². The third-order valence-corrected chi connectivity index (χ3v) is 4.34. The summed E-state index contributed by atoms with van der Waals surface area (Å²) in [5, 5.41) is 13.1. The number of carboxylic acid groups (broad SMARTS) is 1. The van der Waals surface area contributed by atoms with Gasteiger partial charge in [0.05, 0.1) is 12.2 Å². The Hall–Kier alpha value is -3.08. The van der Waals surface area contributed by atoms with Crippen molar-refractivity contribution in [1.29, 1.82) is 0 Å². The predicted molar refractivity (Wildman–Crippen MR) is 104 cm³/mol. The maximum absolute atomic E-state index is 10.9. The van der Waals surface area contributed by atoms with Gasteiger partial charge in [-0.1, -0.05) is 43.5 Å². The number of hydrogen-bond donors (Lipinski definition) is 1. The number of nitrogens with zero attached hydrogens (tertiary/aromatic N) is 1. The van der Waals surface area contributed by atoms with Gasteiger partial charge in [-0.2, -0.15) is 0 Å². The molecule has 140 valence electrons. The highest BCUT2D eigenvalue weighted by molar-refractivity contribution is 5.88. The largest absolute Gasteiger partial charge is 0.494 e. The second-order valence-electron chi connectivity index (χ2n) is 6.39. The third kappa shape index (κ3) is 4.97. The van der Waals surface area contributed by atoms with Gasteiger partial charge in [0.15, 0.2) is 5.76 Å². The minimum atomic E-state index is -0.949. The molecule has 0 fully saturated rings. The highest BCUT2D eigenvalue weighted by atomic mass is 16.5. The quantitative estimate of drug-likeness (QED) is 0.495. The molecule has 0 atom stereocenters. The van der Waals surface area contributed by atoms with E-state index in [1.165, 1.54) is 19.3 Å². The van der Waals surface area contributed by atoms with E-state index in [0.29, 0.717) is 11.5 Å². The summed E-state index contributed by atoms with van der Waals surface area (Å²) in [4.78, 5) is 10.9. The molecule has 0 aliphatic rings. The molecule has 0 saturated heterocycles. The Labute approximate surface area is 158 Å². The van der Waals surface area contributed by atoms with Crippen LogP contribution in [0, 0.1) is 0 Å². The summed E-state index contributed by atoms with van der Waals surface area (Å²) in [6, 6.07) is 16.1. The van der Waals surface area contributed by atoms with Crippen LogP contribution in [0.25, 0.3) is 22.6 Å². The summed E-state index contributed by atoms with van der Waals surface area (Å²) in [6.45, 7) is 2.93. The first-order valence-electron chi connectivity index (χ1n) is 9.21. The molecule has 0 aliphatic carbocycles. The second kappa shape index (κ2) is 9.03. The molecule has 0 spiro atoms. The van der Waals surface area contributed by atoms with Crippen molar-refractivity contribution in [3.05, 3.63) is 60.2 Å². The lowest BCUT2D eigenvalue weighted by Gasteiger charge is -2.06. The number of benzene rings is 2. The molecule has 1 heterocycles. The highest BCUT2D eigenvalue weighted by Gasteiger charge is 2.10. The summed E-state index contributed by atoms with van der Waals surface area (Å²) >= 11 is 0. The zero-order chi connectivity index (χ0) is 19.1. The van der Waals surface area contributed by atoms with Gasteiger partial charge >= 0.3 is 5.97 Å². The molecule has 0 aliphatic heterocycles. The van der Waals surface area contributed by atoms with Crippen LogP contribution in [0.2, 0.25) is 0 Å². The molecule has 0 bridgehead atoms. The van der Waals surface area contributed by atoms with Crippen molar-refractivity contribution in [3.63, 3.8) is 0 Å². The van der Waals surface area contributed by atoms with E-state index in [1.807, 2.05) is 30.3 Å². The van der Waals surface area contributed by atoms with E-state index in [0.717, 1.165) is 29.9 Å². The molecule has 27 heavy (non-hydrogen) atoms. The van der Waals surface area contributed by atoms with Crippen LogP contribution in [0.5, 0.6) is 5.75 Å². The van der Waals surface area contributed by atoms with Crippen molar-refractivity contribution < 1.29 is 19.2 Å². The molecule has 0 radical (unpaired) electrons. The molecular weight excluding hydrogens is 342 g/mol. The number of hydrogen-bond acceptors (Lipinski definition) is 4. The molecule has 2 aromatic carbocycles. The lowest BCUT2D eigenvalue weighted by atomic mass is 10.1. The SMILES string of the molecule is CCCCCCOc1ccc(-c2cc(-c3ccc(C(=O)O)cc3)no2)cc1. The number of rotatable bonds is 9. The van der Waals surface area contributed by atoms with E-state index in [2.05, 4.69) is 12.1 Å². The van der Waals surface area contributed by atoms with E-state index >= 15 is 0 Å². The lowest BCUT2D eigenvalue weighted by molar-refractivity contribution is 0.0697. The lowest BCUT2D eigenvalue weighted by Crippen LogP contribution is -1.96. The van der Waals surface area contributed by atoms with Gasteiger partial charge in [0.25, 0.3) is 0 Å². The van der Waals surface area contributed by atoms with E-state index in [1.54, 1.807) is 24.3 Å². The molecule has 0 unspecified atom stereocenters. The molecule has 5 heteroatoms. The molecular formula is C22H23NO4. The summed E-state index contributed by atoms with van der Waals surface area (Å²) in [5.41, 5.74) is 2.63. The van der Waals surface area contributed by atoms with Crippen LogP contribution in [-0.4, -0.2) is 22.8 Å². The zero-order valence-corrected chi connectivity index (χ0v) is 15.4. The normalized spacial score (nSPS) is 10.7. The Bertz CT molecular complexity index is 866. The van der Waals surface area contributed by atoms with Crippen molar-refractivity contribution >= 4 is 5.97 Å². The van der Waals surface area contributed by atoms with Gasteiger partial charge < -0.3 is 14.4 Å². The van der Waals surface area contributed by atoms with Crippen LogP contribution in [0.15, 0.2) is 59.1 Å². The Morgan fingerprint density at radius 1 is 1.00 bits per heavy atom. The van der Waals surface area contributed by atoms with Gasteiger partial charge in [-0.25, -0.2) is 4.79 Å². The van der Waals surface area contributed by atoms with E-state index < -0.39 is 5.97 Å². The molecule has 1 N–H and O–H groups in total. The summed E-state index contributed by atoms with van der Waals surface area (Å²) in [7, 11) is 0. The van der Waals surface area contributed by atoms with Gasteiger partial charge in [0.1, 0.15) is 11.4 Å². The van der Waals surface area contributed by atoms with Gasteiger partial charge in [-0.15, -0.1) is 0 Å². The summed E-state index contributed by atoms with van der Waals surface area (Å²) in [5.74, 6) is 0.552. The molecule has 3 aromatic rings. The van der Waals surface area contributed by atoms with Gasteiger partial charge in [-0.3, -0.25) is 0 Å². The molecule has 1 aromatic heterocycles. The predicted octanol–water partition coefficient (Wildman–Crippen LogP) is 5.67. The average molecular weight is 365 g/mol. The maximum Gasteiger partial charge on any atom is 0.335 e.